The van der Waals surface area contributed by atoms with E-state index in [1.807, 2.05) is 22.8 Å². The summed E-state index contributed by atoms with van der Waals surface area (Å²) in [5, 5.41) is 9.97. The standard InChI is InChI=1S/C21H18N6OS/c1-28-16-8-7-15(12-22)11-17(16)29-21-26-18-19(23)24-13-25-20(18)27(21)10-9-14-5-3-2-4-6-14/h2-8,11,13H,9-10H2,1H3,(H2,23,24,25). The van der Waals surface area contributed by atoms with Crippen molar-refractivity contribution in [1.29, 1.82) is 5.26 Å². The van der Waals surface area contributed by atoms with Gasteiger partial charge in [0.05, 0.1) is 23.6 Å². The number of aryl methyl sites for hydroxylation is 2. The van der Waals surface area contributed by atoms with E-state index < -0.39 is 0 Å². The smallest absolute Gasteiger partial charge is 0.175 e. The van der Waals surface area contributed by atoms with Crippen LogP contribution >= 0.6 is 11.8 Å². The Morgan fingerprint density at radius 2 is 2.00 bits per heavy atom. The Kier molecular flexibility index (Phi) is 5.31. The number of ether oxygens (including phenoxy) is 1. The number of rotatable bonds is 6. The fraction of sp³-hybridized carbons (Fsp3) is 0.143. The molecule has 0 atom stereocenters. The number of hydrogen-bond donors (Lipinski definition) is 1. The molecule has 8 heteroatoms. The van der Waals surface area contributed by atoms with Crippen molar-refractivity contribution in [2.45, 2.75) is 23.0 Å². The van der Waals surface area contributed by atoms with E-state index in [0.717, 1.165) is 16.5 Å². The summed E-state index contributed by atoms with van der Waals surface area (Å²) >= 11 is 1.42. The summed E-state index contributed by atoms with van der Waals surface area (Å²) < 4.78 is 7.50. The van der Waals surface area contributed by atoms with Gasteiger partial charge in [0.2, 0.25) is 0 Å². The predicted octanol–water partition coefficient (Wildman–Crippen LogP) is 3.68. The lowest BCUT2D eigenvalue weighted by atomic mass is 10.1. The maximum atomic E-state index is 9.25. The summed E-state index contributed by atoms with van der Waals surface area (Å²) in [5.41, 5.74) is 9.07. The molecule has 0 saturated carbocycles. The Labute approximate surface area is 172 Å². The average molecular weight is 402 g/mol. The summed E-state index contributed by atoms with van der Waals surface area (Å²) in [4.78, 5) is 14.0. The summed E-state index contributed by atoms with van der Waals surface area (Å²) in [5.74, 6) is 1.02. The molecule has 2 heterocycles. The van der Waals surface area contributed by atoms with Crippen molar-refractivity contribution in [3.05, 3.63) is 66.0 Å². The van der Waals surface area contributed by atoms with Gasteiger partial charge in [0, 0.05) is 6.54 Å². The third-order valence-electron chi connectivity index (χ3n) is 4.49. The lowest BCUT2D eigenvalue weighted by molar-refractivity contribution is 0.404. The second-order valence-electron chi connectivity index (χ2n) is 6.29. The average Bonchev–Trinajstić information content (AvgIpc) is 3.11. The second-order valence-corrected chi connectivity index (χ2v) is 7.30. The highest BCUT2D eigenvalue weighted by molar-refractivity contribution is 7.99. The normalized spacial score (nSPS) is 10.8. The Morgan fingerprint density at radius 3 is 2.76 bits per heavy atom. The Hall–Kier alpha value is -3.57. The summed E-state index contributed by atoms with van der Waals surface area (Å²) in [6, 6.07) is 17.7. The van der Waals surface area contributed by atoms with Gasteiger partial charge in [-0.1, -0.05) is 30.3 Å². The van der Waals surface area contributed by atoms with Gasteiger partial charge in [0.1, 0.15) is 12.1 Å². The molecule has 144 valence electrons. The molecular weight excluding hydrogens is 384 g/mol. The van der Waals surface area contributed by atoms with E-state index in [1.165, 1.54) is 23.7 Å². The van der Waals surface area contributed by atoms with Crippen LogP contribution in [0.1, 0.15) is 11.1 Å². The molecule has 0 aliphatic heterocycles. The van der Waals surface area contributed by atoms with E-state index in [0.29, 0.717) is 34.8 Å². The lowest BCUT2D eigenvalue weighted by Crippen LogP contribution is -2.04. The number of nitriles is 1. The molecule has 0 fully saturated rings. The minimum atomic E-state index is 0.341. The van der Waals surface area contributed by atoms with Gasteiger partial charge < -0.3 is 15.0 Å². The van der Waals surface area contributed by atoms with Crippen molar-refractivity contribution in [3.63, 3.8) is 0 Å². The number of fused-ring (bicyclic) bond motifs is 1. The molecule has 0 radical (unpaired) electrons. The first-order chi connectivity index (χ1) is 14.2. The van der Waals surface area contributed by atoms with E-state index in [4.69, 9.17) is 10.5 Å². The highest BCUT2D eigenvalue weighted by Crippen LogP contribution is 2.37. The van der Waals surface area contributed by atoms with E-state index in [-0.39, 0.29) is 0 Å². The maximum absolute atomic E-state index is 9.25. The largest absolute Gasteiger partial charge is 0.496 e. The SMILES string of the molecule is COc1ccc(C#N)cc1Sc1nc2c(N)ncnc2n1CCc1ccccc1. The van der Waals surface area contributed by atoms with Crippen LogP contribution in [0.15, 0.2) is 64.9 Å². The first kappa shape index (κ1) is 18.8. The van der Waals surface area contributed by atoms with Crippen LogP contribution in [0.5, 0.6) is 5.75 Å². The zero-order valence-corrected chi connectivity index (χ0v) is 16.6. The molecule has 4 aromatic rings. The van der Waals surface area contributed by atoms with Crippen molar-refractivity contribution < 1.29 is 4.74 Å². The van der Waals surface area contributed by atoms with Crippen LogP contribution in [-0.4, -0.2) is 26.6 Å². The molecule has 0 amide bonds. The molecule has 0 spiro atoms. The van der Waals surface area contributed by atoms with Crippen LogP contribution in [0.4, 0.5) is 5.82 Å². The topological polar surface area (TPSA) is 103 Å². The molecule has 0 bridgehead atoms. The van der Waals surface area contributed by atoms with E-state index >= 15 is 0 Å². The minimum absolute atomic E-state index is 0.341. The molecule has 29 heavy (non-hydrogen) atoms. The number of anilines is 1. The Morgan fingerprint density at radius 1 is 1.17 bits per heavy atom. The van der Waals surface area contributed by atoms with Crippen LogP contribution in [-0.2, 0) is 13.0 Å². The van der Waals surface area contributed by atoms with Crippen LogP contribution in [0, 0.1) is 11.3 Å². The van der Waals surface area contributed by atoms with Crippen molar-refractivity contribution >= 4 is 28.7 Å². The molecule has 2 aromatic heterocycles. The maximum Gasteiger partial charge on any atom is 0.175 e. The van der Waals surface area contributed by atoms with E-state index in [1.54, 1.807) is 25.3 Å². The third kappa shape index (κ3) is 3.86. The quantitative estimate of drug-likeness (QED) is 0.525. The van der Waals surface area contributed by atoms with Gasteiger partial charge in [-0.2, -0.15) is 5.26 Å². The van der Waals surface area contributed by atoms with Crippen LogP contribution in [0.2, 0.25) is 0 Å². The first-order valence-corrected chi connectivity index (χ1v) is 9.78. The molecule has 0 saturated heterocycles. The number of benzene rings is 2. The van der Waals surface area contributed by atoms with Gasteiger partial charge in [-0.05, 0) is 41.9 Å². The van der Waals surface area contributed by atoms with E-state index in [2.05, 4.69) is 33.2 Å². The second kappa shape index (κ2) is 8.20. The predicted molar refractivity (Wildman–Crippen MR) is 112 cm³/mol. The number of hydrogen-bond acceptors (Lipinski definition) is 7. The number of nitrogens with zero attached hydrogens (tertiary/aromatic N) is 5. The zero-order chi connectivity index (χ0) is 20.2. The number of methoxy groups -OCH3 is 1. The fourth-order valence-corrected chi connectivity index (χ4v) is 4.08. The molecular formula is C21H18N6OS. The van der Waals surface area contributed by atoms with Gasteiger partial charge >= 0.3 is 0 Å². The summed E-state index contributed by atoms with van der Waals surface area (Å²) in [7, 11) is 1.60. The van der Waals surface area contributed by atoms with Crippen LogP contribution in [0.3, 0.4) is 0 Å². The Balaban J connectivity index is 1.76. The summed E-state index contributed by atoms with van der Waals surface area (Å²) in [6.07, 6.45) is 2.27. The molecule has 4 rings (SSSR count). The lowest BCUT2D eigenvalue weighted by Gasteiger charge is -2.11. The third-order valence-corrected chi connectivity index (χ3v) is 5.52. The van der Waals surface area contributed by atoms with Crippen molar-refractivity contribution in [2.24, 2.45) is 0 Å². The molecule has 7 nitrogen and oxygen atoms in total. The highest BCUT2D eigenvalue weighted by atomic mass is 32.2. The van der Waals surface area contributed by atoms with Crippen LogP contribution < -0.4 is 10.5 Å². The van der Waals surface area contributed by atoms with Gasteiger partial charge in [-0.3, -0.25) is 0 Å². The number of aromatic nitrogens is 4. The van der Waals surface area contributed by atoms with Gasteiger partial charge in [0.15, 0.2) is 22.1 Å². The van der Waals surface area contributed by atoms with Gasteiger partial charge in [-0.25, -0.2) is 15.0 Å². The highest BCUT2D eigenvalue weighted by Gasteiger charge is 2.18. The van der Waals surface area contributed by atoms with Gasteiger partial charge in [0.25, 0.3) is 0 Å². The molecule has 2 N–H and O–H groups in total. The summed E-state index contributed by atoms with van der Waals surface area (Å²) in [6.45, 7) is 0.680. The van der Waals surface area contributed by atoms with Crippen LogP contribution in [0.25, 0.3) is 11.2 Å². The molecule has 2 aromatic carbocycles. The van der Waals surface area contributed by atoms with Crippen molar-refractivity contribution in [1.82, 2.24) is 19.5 Å². The number of imidazole rings is 1. The number of nitrogen functional groups attached to an aromatic ring is 1. The minimum Gasteiger partial charge on any atom is -0.496 e. The zero-order valence-electron chi connectivity index (χ0n) is 15.7. The number of nitrogens with two attached hydrogens (primary N) is 1. The van der Waals surface area contributed by atoms with E-state index in [9.17, 15) is 5.26 Å². The monoisotopic (exact) mass is 402 g/mol. The molecule has 0 aliphatic carbocycles. The Bertz CT molecular complexity index is 1200. The fourth-order valence-electron chi connectivity index (χ4n) is 3.02. The molecule has 0 aliphatic rings. The first-order valence-electron chi connectivity index (χ1n) is 8.96. The molecule has 0 unspecified atom stereocenters. The van der Waals surface area contributed by atoms with Crippen molar-refractivity contribution in [2.75, 3.05) is 12.8 Å². The van der Waals surface area contributed by atoms with Crippen molar-refractivity contribution in [3.8, 4) is 11.8 Å². The van der Waals surface area contributed by atoms with Gasteiger partial charge in [-0.15, -0.1) is 0 Å².